The van der Waals surface area contributed by atoms with Crippen LogP contribution in [0.15, 0.2) is 11.4 Å². The van der Waals surface area contributed by atoms with Crippen LogP contribution in [0.4, 0.5) is 0 Å². The second kappa shape index (κ2) is 6.92. The van der Waals surface area contributed by atoms with Gasteiger partial charge in [-0.05, 0) is 37.6 Å². The Hall–Kier alpha value is -1.31. The van der Waals surface area contributed by atoms with E-state index in [1.54, 1.807) is 0 Å². The van der Waals surface area contributed by atoms with E-state index in [1.807, 2.05) is 16.3 Å². The number of carbonyl (C=O) groups excluding carboxylic acids is 1. The molecule has 4 heteroatoms. The zero-order chi connectivity index (χ0) is 14.5. The summed E-state index contributed by atoms with van der Waals surface area (Å²) in [6.07, 6.45) is 3.63. The SMILES string of the molecule is CCC1CCC(C)N1C(=O)c1sccc1C#CCCO. The Morgan fingerprint density at radius 1 is 1.55 bits per heavy atom. The second-order valence-corrected chi connectivity index (χ2v) is 6.06. The van der Waals surface area contributed by atoms with E-state index in [0.29, 0.717) is 18.5 Å². The molecule has 0 aliphatic carbocycles. The molecular weight excluding hydrogens is 270 g/mol. The molecule has 1 fully saturated rings. The predicted molar refractivity (Wildman–Crippen MR) is 81.8 cm³/mol. The van der Waals surface area contributed by atoms with Crippen molar-refractivity contribution >= 4 is 17.2 Å². The van der Waals surface area contributed by atoms with Gasteiger partial charge >= 0.3 is 0 Å². The lowest BCUT2D eigenvalue weighted by Crippen LogP contribution is -2.39. The highest BCUT2D eigenvalue weighted by Gasteiger charge is 2.34. The maximum absolute atomic E-state index is 12.8. The molecule has 2 rings (SSSR count). The molecule has 2 atom stereocenters. The summed E-state index contributed by atoms with van der Waals surface area (Å²) in [4.78, 5) is 15.5. The molecule has 0 bridgehead atoms. The minimum Gasteiger partial charge on any atom is -0.395 e. The summed E-state index contributed by atoms with van der Waals surface area (Å²) in [6.45, 7) is 4.32. The molecule has 2 unspecified atom stereocenters. The van der Waals surface area contributed by atoms with Crippen LogP contribution in [-0.4, -0.2) is 34.6 Å². The Bertz CT molecular complexity index is 526. The maximum Gasteiger partial charge on any atom is 0.265 e. The highest BCUT2D eigenvalue weighted by molar-refractivity contribution is 7.12. The van der Waals surface area contributed by atoms with Gasteiger partial charge in [-0.25, -0.2) is 0 Å². The van der Waals surface area contributed by atoms with E-state index >= 15 is 0 Å². The van der Waals surface area contributed by atoms with Crippen LogP contribution in [0.3, 0.4) is 0 Å². The molecule has 1 aliphatic rings. The van der Waals surface area contributed by atoms with Gasteiger partial charge in [0.15, 0.2) is 0 Å². The monoisotopic (exact) mass is 291 g/mol. The van der Waals surface area contributed by atoms with Crippen molar-refractivity contribution in [2.45, 2.75) is 51.6 Å². The zero-order valence-electron chi connectivity index (χ0n) is 12.1. The van der Waals surface area contributed by atoms with E-state index < -0.39 is 0 Å². The molecule has 0 radical (unpaired) electrons. The fourth-order valence-electron chi connectivity index (χ4n) is 2.74. The number of carbonyl (C=O) groups is 1. The number of hydrogen-bond donors (Lipinski definition) is 1. The van der Waals surface area contributed by atoms with E-state index in [2.05, 4.69) is 25.7 Å². The molecule has 0 aromatic carbocycles. The van der Waals surface area contributed by atoms with Gasteiger partial charge in [-0.1, -0.05) is 18.8 Å². The summed E-state index contributed by atoms with van der Waals surface area (Å²) in [6, 6.07) is 2.56. The first-order chi connectivity index (χ1) is 9.69. The molecule has 0 saturated carbocycles. The fourth-order valence-corrected chi connectivity index (χ4v) is 3.54. The lowest BCUT2D eigenvalue weighted by atomic mass is 10.1. The number of likely N-dealkylation sites (tertiary alicyclic amines) is 1. The van der Waals surface area contributed by atoms with Crippen LogP contribution in [0.1, 0.15) is 54.8 Å². The van der Waals surface area contributed by atoms with Crippen molar-refractivity contribution in [1.82, 2.24) is 4.90 Å². The highest BCUT2D eigenvalue weighted by Crippen LogP contribution is 2.30. The Labute approximate surface area is 124 Å². The van der Waals surface area contributed by atoms with Gasteiger partial charge < -0.3 is 10.0 Å². The first-order valence-corrected chi connectivity index (χ1v) is 8.06. The molecule has 1 amide bonds. The Balaban J connectivity index is 2.21. The van der Waals surface area contributed by atoms with Crippen LogP contribution in [0, 0.1) is 11.8 Å². The molecule has 1 aliphatic heterocycles. The topological polar surface area (TPSA) is 40.5 Å². The zero-order valence-corrected chi connectivity index (χ0v) is 12.9. The standard InChI is InChI=1S/C16H21NO2S/c1-3-14-8-7-12(2)17(14)16(19)15-13(9-11-20-15)6-4-5-10-18/h9,11-12,14,18H,3,5,7-8,10H2,1-2H3. The minimum atomic E-state index is 0.0570. The average molecular weight is 291 g/mol. The van der Waals surface area contributed by atoms with Crippen LogP contribution in [0.5, 0.6) is 0 Å². The lowest BCUT2D eigenvalue weighted by molar-refractivity contribution is 0.0681. The summed E-state index contributed by atoms with van der Waals surface area (Å²) >= 11 is 1.46. The fraction of sp³-hybridized carbons (Fsp3) is 0.562. The van der Waals surface area contributed by atoms with Crippen molar-refractivity contribution in [3.63, 3.8) is 0 Å². The molecular formula is C16H21NO2S. The second-order valence-electron chi connectivity index (χ2n) is 5.14. The van der Waals surface area contributed by atoms with Crippen molar-refractivity contribution in [3.8, 4) is 11.8 Å². The number of nitrogens with zero attached hydrogens (tertiary/aromatic N) is 1. The third-order valence-electron chi connectivity index (χ3n) is 3.81. The van der Waals surface area contributed by atoms with Gasteiger partial charge in [0.2, 0.25) is 0 Å². The molecule has 1 aromatic rings. The normalized spacial score (nSPS) is 21.6. The van der Waals surface area contributed by atoms with Crippen molar-refractivity contribution < 1.29 is 9.90 Å². The molecule has 1 aromatic heterocycles. The van der Waals surface area contributed by atoms with Crippen LogP contribution in [-0.2, 0) is 0 Å². The van der Waals surface area contributed by atoms with Crippen LogP contribution < -0.4 is 0 Å². The Morgan fingerprint density at radius 3 is 3.05 bits per heavy atom. The average Bonchev–Trinajstić information content (AvgIpc) is 3.05. The van der Waals surface area contributed by atoms with Gasteiger partial charge in [0.1, 0.15) is 4.88 Å². The molecule has 20 heavy (non-hydrogen) atoms. The molecule has 1 saturated heterocycles. The number of thiophene rings is 1. The van der Waals surface area contributed by atoms with Crippen LogP contribution in [0.2, 0.25) is 0 Å². The summed E-state index contributed by atoms with van der Waals surface area (Å²) in [5, 5.41) is 10.7. The van der Waals surface area contributed by atoms with E-state index in [0.717, 1.165) is 29.7 Å². The number of amides is 1. The van der Waals surface area contributed by atoms with Gasteiger partial charge in [-0.2, -0.15) is 0 Å². The lowest BCUT2D eigenvalue weighted by Gasteiger charge is -2.27. The molecule has 3 nitrogen and oxygen atoms in total. The third-order valence-corrected chi connectivity index (χ3v) is 4.71. The van der Waals surface area contributed by atoms with Crippen LogP contribution >= 0.6 is 11.3 Å². The summed E-state index contributed by atoms with van der Waals surface area (Å²) in [7, 11) is 0. The molecule has 0 spiro atoms. The first kappa shape index (κ1) is 15.1. The third kappa shape index (κ3) is 3.05. The van der Waals surface area contributed by atoms with Crippen LogP contribution in [0.25, 0.3) is 0 Å². The Kier molecular flexibility index (Phi) is 5.22. The van der Waals surface area contributed by atoms with Gasteiger partial charge in [-0.15, -0.1) is 11.3 Å². The van der Waals surface area contributed by atoms with Gasteiger partial charge in [-0.3, -0.25) is 4.79 Å². The van der Waals surface area contributed by atoms with Gasteiger partial charge in [0, 0.05) is 24.1 Å². The first-order valence-electron chi connectivity index (χ1n) is 7.18. The van der Waals surface area contributed by atoms with Crippen molar-refractivity contribution in [1.29, 1.82) is 0 Å². The minimum absolute atomic E-state index is 0.0570. The van der Waals surface area contributed by atoms with Gasteiger partial charge in [0.05, 0.1) is 6.61 Å². The quantitative estimate of drug-likeness (QED) is 0.870. The Morgan fingerprint density at radius 2 is 2.35 bits per heavy atom. The number of aliphatic hydroxyl groups is 1. The van der Waals surface area contributed by atoms with E-state index in [1.165, 1.54) is 11.3 Å². The molecule has 1 N–H and O–H groups in total. The number of aliphatic hydroxyl groups excluding tert-OH is 1. The molecule has 2 heterocycles. The number of hydrogen-bond acceptors (Lipinski definition) is 3. The van der Waals surface area contributed by atoms with E-state index in [-0.39, 0.29) is 12.5 Å². The van der Waals surface area contributed by atoms with Crippen molar-refractivity contribution in [2.75, 3.05) is 6.61 Å². The molecule has 108 valence electrons. The predicted octanol–water partition coefficient (Wildman–Crippen LogP) is 2.89. The highest BCUT2D eigenvalue weighted by atomic mass is 32.1. The maximum atomic E-state index is 12.8. The van der Waals surface area contributed by atoms with E-state index in [9.17, 15) is 4.79 Å². The summed E-state index contributed by atoms with van der Waals surface area (Å²) < 4.78 is 0. The largest absolute Gasteiger partial charge is 0.395 e. The van der Waals surface area contributed by atoms with Crippen molar-refractivity contribution in [3.05, 3.63) is 21.9 Å². The number of rotatable bonds is 3. The summed E-state index contributed by atoms with van der Waals surface area (Å²) in [5.41, 5.74) is 0.794. The van der Waals surface area contributed by atoms with Crippen molar-refractivity contribution in [2.24, 2.45) is 0 Å². The summed E-state index contributed by atoms with van der Waals surface area (Å²) in [5.74, 6) is 6.01. The smallest absolute Gasteiger partial charge is 0.265 e. The van der Waals surface area contributed by atoms with Gasteiger partial charge in [0.25, 0.3) is 5.91 Å². The van der Waals surface area contributed by atoms with E-state index in [4.69, 9.17) is 5.11 Å².